The van der Waals surface area contributed by atoms with Crippen LogP contribution in [0.25, 0.3) is 0 Å². The zero-order chi connectivity index (χ0) is 10.1. The highest BCUT2D eigenvalue weighted by Gasteiger charge is 2.26. The monoisotopic (exact) mass is 183 g/mol. The summed E-state index contributed by atoms with van der Waals surface area (Å²) in [6, 6.07) is -0.243. The van der Waals surface area contributed by atoms with Crippen molar-refractivity contribution in [1.82, 2.24) is 9.78 Å². The van der Waals surface area contributed by atoms with Crippen molar-refractivity contribution < 1.29 is 5.11 Å². The van der Waals surface area contributed by atoms with E-state index in [9.17, 15) is 5.11 Å². The zero-order valence-corrected chi connectivity index (χ0v) is 8.36. The Bertz CT molecular complexity index is 278. The van der Waals surface area contributed by atoms with Gasteiger partial charge in [-0.25, -0.2) is 0 Å². The van der Waals surface area contributed by atoms with Crippen LogP contribution in [0.5, 0.6) is 0 Å². The molecule has 4 nitrogen and oxygen atoms in total. The van der Waals surface area contributed by atoms with Crippen LogP contribution in [0.4, 0.5) is 0 Å². The molecule has 74 valence electrons. The van der Waals surface area contributed by atoms with Crippen LogP contribution in [-0.4, -0.2) is 26.5 Å². The average Bonchev–Trinajstić information content (AvgIpc) is 2.34. The van der Waals surface area contributed by atoms with Gasteiger partial charge in [0.2, 0.25) is 0 Å². The number of hydrogen-bond donors (Lipinski definition) is 2. The summed E-state index contributed by atoms with van der Waals surface area (Å²) in [7, 11) is 1.85. The van der Waals surface area contributed by atoms with Crippen LogP contribution in [0.3, 0.4) is 0 Å². The number of nitrogens with two attached hydrogens (primary N) is 1. The van der Waals surface area contributed by atoms with Crippen LogP contribution in [0, 0.1) is 0 Å². The number of aromatic nitrogens is 2. The van der Waals surface area contributed by atoms with E-state index in [0.29, 0.717) is 6.42 Å². The first kappa shape index (κ1) is 10.2. The summed E-state index contributed by atoms with van der Waals surface area (Å²) in [6.07, 6.45) is 4.17. The summed E-state index contributed by atoms with van der Waals surface area (Å²) < 4.78 is 1.71. The van der Waals surface area contributed by atoms with Gasteiger partial charge in [0, 0.05) is 25.7 Å². The molecule has 1 heterocycles. The van der Waals surface area contributed by atoms with Crippen molar-refractivity contribution in [2.75, 3.05) is 0 Å². The predicted octanol–water partition coefficient (Wildman–Crippen LogP) is 0.0608. The number of hydrogen-bond acceptors (Lipinski definition) is 3. The molecule has 4 heteroatoms. The Morgan fingerprint density at radius 1 is 1.77 bits per heavy atom. The Labute approximate surface area is 78.4 Å². The minimum absolute atomic E-state index is 0.243. The van der Waals surface area contributed by atoms with Crippen molar-refractivity contribution in [2.45, 2.75) is 31.9 Å². The fourth-order valence-electron chi connectivity index (χ4n) is 1.14. The van der Waals surface area contributed by atoms with Crippen molar-refractivity contribution >= 4 is 0 Å². The van der Waals surface area contributed by atoms with Crippen LogP contribution < -0.4 is 5.73 Å². The highest BCUT2D eigenvalue weighted by Crippen LogP contribution is 2.14. The lowest BCUT2D eigenvalue weighted by atomic mass is 9.92. The quantitative estimate of drug-likeness (QED) is 0.696. The van der Waals surface area contributed by atoms with Crippen LogP contribution in [0.2, 0.25) is 0 Å². The molecule has 0 aromatic carbocycles. The maximum atomic E-state index is 9.89. The third-order valence-electron chi connectivity index (χ3n) is 2.30. The van der Waals surface area contributed by atoms with E-state index in [2.05, 4.69) is 5.10 Å². The maximum Gasteiger partial charge on any atom is 0.0808 e. The molecule has 1 aromatic rings. The molecular weight excluding hydrogens is 166 g/mol. The molecule has 0 amide bonds. The molecule has 2 unspecified atom stereocenters. The smallest absolute Gasteiger partial charge is 0.0808 e. The third kappa shape index (κ3) is 2.54. The first-order valence-electron chi connectivity index (χ1n) is 4.37. The van der Waals surface area contributed by atoms with Crippen molar-refractivity contribution in [2.24, 2.45) is 12.8 Å². The van der Waals surface area contributed by atoms with Gasteiger partial charge < -0.3 is 10.8 Å². The predicted molar refractivity (Wildman–Crippen MR) is 51.2 cm³/mol. The standard InChI is InChI=1S/C9H17N3O/c1-7(10)9(2,13)4-8-5-11-12(3)6-8/h5-7,13H,4,10H2,1-3H3. The van der Waals surface area contributed by atoms with E-state index in [-0.39, 0.29) is 6.04 Å². The zero-order valence-electron chi connectivity index (χ0n) is 8.36. The molecule has 2 atom stereocenters. The topological polar surface area (TPSA) is 64.1 Å². The lowest BCUT2D eigenvalue weighted by Crippen LogP contribution is -2.45. The minimum Gasteiger partial charge on any atom is -0.388 e. The second-order valence-corrected chi connectivity index (χ2v) is 3.84. The summed E-state index contributed by atoms with van der Waals surface area (Å²) in [4.78, 5) is 0. The molecule has 0 aliphatic carbocycles. The van der Waals surface area contributed by atoms with Gasteiger partial charge in [-0.05, 0) is 19.4 Å². The Hall–Kier alpha value is -0.870. The molecule has 0 saturated heterocycles. The summed E-state index contributed by atoms with van der Waals surface area (Å²) in [6.45, 7) is 3.54. The Balaban J connectivity index is 2.68. The van der Waals surface area contributed by atoms with E-state index in [0.717, 1.165) is 5.56 Å². The van der Waals surface area contributed by atoms with E-state index in [1.807, 2.05) is 13.2 Å². The Kier molecular flexibility index (Phi) is 2.73. The molecular formula is C9H17N3O. The molecule has 3 N–H and O–H groups in total. The lowest BCUT2D eigenvalue weighted by molar-refractivity contribution is 0.0389. The molecule has 1 rings (SSSR count). The lowest BCUT2D eigenvalue weighted by Gasteiger charge is -2.26. The first-order chi connectivity index (χ1) is 5.92. The van der Waals surface area contributed by atoms with Crippen molar-refractivity contribution in [3.63, 3.8) is 0 Å². The van der Waals surface area contributed by atoms with Gasteiger partial charge >= 0.3 is 0 Å². The number of rotatable bonds is 3. The Morgan fingerprint density at radius 2 is 2.38 bits per heavy atom. The number of aryl methyl sites for hydroxylation is 1. The van der Waals surface area contributed by atoms with E-state index >= 15 is 0 Å². The van der Waals surface area contributed by atoms with Gasteiger partial charge in [0.05, 0.1) is 11.8 Å². The van der Waals surface area contributed by atoms with Gasteiger partial charge in [-0.3, -0.25) is 4.68 Å². The molecule has 13 heavy (non-hydrogen) atoms. The van der Waals surface area contributed by atoms with Gasteiger partial charge in [0.1, 0.15) is 0 Å². The maximum absolute atomic E-state index is 9.89. The second-order valence-electron chi connectivity index (χ2n) is 3.84. The second kappa shape index (κ2) is 3.47. The van der Waals surface area contributed by atoms with Crippen LogP contribution in [0.15, 0.2) is 12.4 Å². The van der Waals surface area contributed by atoms with Gasteiger partial charge in [-0.15, -0.1) is 0 Å². The molecule has 0 fully saturated rings. The van der Waals surface area contributed by atoms with Gasteiger partial charge in [0.25, 0.3) is 0 Å². The van der Waals surface area contributed by atoms with Gasteiger partial charge in [-0.2, -0.15) is 5.10 Å². The first-order valence-corrected chi connectivity index (χ1v) is 4.37. The van der Waals surface area contributed by atoms with Crippen molar-refractivity contribution in [3.05, 3.63) is 18.0 Å². The van der Waals surface area contributed by atoms with E-state index < -0.39 is 5.60 Å². The highest BCUT2D eigenvalue weighted by molar-refractivity contribution is 5.08. The molecule has 0 bridgehead atoms. The summed E-state index contributed by atoms with van der Waals surface area (Å²) >= 11 is 0. The molecule has 0 saturated carbocycles. The SMILES string of the molecule is CC(N)C(C)(O)Cc1cnn(C)c1. The average molecular weight is 183 g/mol. The third-order valence-corrected chi connectivity index (χ3v) is 2.30. The number of aliphatic hydroxyl groups is 1. The molecule has 0 radical (unpaired) electrons. The van der Waals surface area contributed by atoms with Crippen LogP contribution in [0.1, 0.15) is 19.4 Å². The van der Waals surface area contributed by atoms with Crippen molar-refractivity contribution in [1.29, 1.82) is 0 Å². The summed E-state index contributed by atoms with van der Waals surface area (Å²) in [5.74, 6) is 0. The van der Waals surface area contributed by atoms with Crippen LogP contribution >= 0.6 is 0 Å². The largest absolute Gasteiger partial charge is 0.388 e. The minimum atomic E-state index is -0.858. The van der Waals surface area contributed by atoms with Gasteiger partial charge in [-0.1, -0.05) is 0 Å². The fraction of sp³-hybridized carbons (Fsp3) is 0.667. The summed E-state index contributed by atoms with van der Waals surface area (Å²) in [5.41, 5.74) is 5.79. The van der Waals surface area contributed by atoms with Crippen LogP contribution in [-0.2, 0) is 13.5 Å². The normalized spacial score (nSPS) is 18.2. The molecule has 0 aliphatic heterocycles. The molecule has 1 aromatic heterocycles. The van der Waals surface area contributed by atoms with E-state index in [1.165, 1.54) is 0 Å². The highest BCUT2D eigenvalue weighted by atomic mass is 16.3. The summed E-state index contributed by atoms with van der Waals surface area (Å²) in [5, 5.41) is 13.9. The Morgan fingerprint density at radius 3 is 2.77 bits per heavy atom. The molecule has 0 aliphatic rings. The fourth-order valence-corrected chi connectivity index (χ4v) is 1.14. The van der Waals surface area contributed by atoms with Gasteiger partial charge in [0.15, 0.2) is 0 Å². The van der Waals surface area contributed by atoms with E-state index in [4.69, 9.17) is 5.73 Å². The molecule has 0 spiro atoms. The van der Waals surface area contributed by atoms with E-state index in [1.54, 1.807) is 24.7 Å². The van der Waals surface area contributed by atoms with Crippen molar-refractivity contribution in [3.8, 4) is 0 Å². The number of nitrogens with zero attached hydrogens (tertiary/aromatic N) is 2.